The SMILES string of the molecule is CC(C)[NH+](CCOc1ccc(Br)cc1)C(C)C. The summed E-state index contributed by atoms with van der Waals surface area (Å²) in [7, 11) is 0. The van der Waals surface area contributed by atoms with Crippen LogP contribution in [-0.2, 0) is 0 Å². The van der Waals surface area contributed by atoms with Gasteiger partial charge in [0, 0.05) is 4.47 Å². The van der Waals surface area contributed by atoms with Crippen molar-refractivity contribution in [3.05, 3.63) is 28.7 Å². The van der Waals surface area contributed by atoms with E-state index < -0.39 is 0 Å². The van der Waals surface area contributed by atoms with E-state index in [1.165, 1.54) is 0 Å². The molecule has 0 aliphatic heterocycles. The van der Waals surface area contributed by atoms with Crippen LogP contribution < -0.4 is 9.64 Å². The van der Waals surface area contributed by atoms with Crippen LogP contribution in [0.3, 0.4) is 0 Å². The van der Waals surface area contributed by atoms with Gasteiger partial charge in [0.05, 0.1) is 12.1 Å². The summed E-state index contributed by atoms with van der Waals surface area (Å²) in [5.41, 5.74) is 0. The van der Waals surface area contributed by atoms with Gasteiger partial charge in [0.2, 0.25) is 0 Å². The van der Waals surface area contributed by atoms with Crippen molar-refractivity contribution >= 4 is 15.9 Å². The highest BCUT2D eigenvalue weighted by Gasteiger charge is 2.16. The molecule has 0 bridgehead atoms. The molecule has 17 heavy (non-hydrogen) atoms. The zero-order valence-corrected chi connectivity index (χ0v) is 12.8. The van der Waals surface area contributed by atoms with Crippen molar-refractivity contribution in [2.75, 3.05) is 13.2 Å². The van der Waals surface area contributed by atoms with Gasteiger partial charge in [0.1, 0.15) is 18.9 Å². The second-order valence-corrected chi connectivity index (χ2v) is 5.85. The second kappa shape index (κ2) is 7.02. The Morgan fingerprint density at radius 3 is 2.06 bits per heavy atom. The molecule has 0 atom stereocenters. The summed E-state index contributed by atoms with van der Waals surface area (Å²) in [4.78, 5) is 1.59. The Balaban J connectivity index is 2.38. The minimum atomic E-state index is 0.642. The van der Waals surface area contributed by atoms with Crippen molar-refractivity contribution in [3.63, 3.8) is 0 Å². The van der Waals surface area contributed by atoms with Gasteiger partial charge in [-0.3, -0.25) is 0 Å². The molecule has 0 saturated carbocycles. The van der Waals surface area contributed by atoms with Gasteiger partial charge in [-0.15, -0.1) is 0 Å². The van der Waals surface area contributed by atoms with Crippen LogP contribution in [0.5, 0.6) is 5.75 Å². The molecule has 0 radical (unpaired) electrons. The summed E-state index contributed by atoms with van der Waals surface area (Å²) in [5, 5.41) is 0. The lowest BCUT2D eigenvalue weighted by atomic mass is 10.2. The molecule has 0 spiro atoms. The average Bonchev–Trinajstić information content (AvgIpc) is 2.25. The lowest BCUT2D eigenvalue weighted by Crippen LogP contribution is -3.18. The van der Waals surface area contributed by atoms with Gasteiger partial charge in [-0.25, -0.2) is 0 Å². The summed E-state index contributed by atoms with van der Waals surface area (Å²) in [5.74, 6) is 0.945. The first-order valence-corrected chi connectivity index (χ1v) is 7.04. The standard InChI is InChI=1S/C14H22BrNO/c1-11(2)16(12(3)4)9-10-17-14-7-5-13(15)6-8-14/h5-8,11-12H,9-10H2,1-4H3/p+1. The summed E-state index contributed by atoms with van der Waals surface area (Å²) >= 11 is 3.42. The van der Waals surface area contributed by atoms with E-state index in [1.807, 2.05) is 24.3 Å². The fourth-order valence-electron chi connectivity index (χ4n) is 2.06. The van der Waals surface area contributed by atoms with E-state index in [4.69, 9.17) is 4.74 Å². The summed E-state index contributed by atoms with van der Waals surface area (Å²) in [6.07, 6.45) is 0. The van der Waals surface area contributed by atoms with Crippen LogP contribution in [0, 0.1) is 0 Å². The monoisotopic (exact) mass is 300 g/mol. The molecule has 0 saturated heterocycles. The Kier molecular flexibility index (Phi) is 6.00. The third-order valence-corrected chi connectivity index (χ3v) is 3.48. The first-order chi connectivity index (χ1) is 8.00. The van der Waals surface area contributed by atoms with Crippen LogP contribution in [-0.4, -0.2) is 25.2 Å². The maximum Gasteiger partial charge on any atom is 0.137 e. The van der Waals surface area contributed by atoms with Gasteiger partial charge in [-0.1, -0.05) is 15.9 Å². The average molecular weight is 301 g/mol. The highest BCUT2D eigenvalue weighted by molar-refractivity contribution is 9.10. The lowest BCUT2D eigenvalue weighted by molar-refractivity contribution is -0.942. The largest absolute Gasteiger partial charge is 0.488 e. The topological polar surface area (TPSA) is 13.7 Å². The zero-order valence-electron chi connectivity index (χ0n) is 11.2. The lowest BCUT2D eigenvalue weighted by Gasteiger charge is -2.27. The molecular formula is C14H23BrNO+. The minimum absolute atomic E-state index is 0.642. The van der Waals surface area contributed by atoms with Crippen molar-refractivity contribution in [1.82, 2.24) is 0 Å². The van der Waals surface area contributed by atoms with Crippen molar-refractivity contribution < 1.29 is 9.64 Å². The Hall–Kier alpha value is -0.540. The zero-order chi connectivity index (χ0) is 12.8. The molecule has 0 amide bonds. The minimum Gasteiger partial charge on any atom is -0.488 e. The van der Waals surface area contributed by atoms with Gasteiger partial charge in [0.15, 0.2) is 0 Å². The third-order valence-electron chi connectivity index (χ3n) is 2.96. The van der Waals surface area contributed by atoms with Crippen LogP contribution in [0.15, 0.2) is 28.7 Å². The molecule has 0 heterocycles. The Bertz CT molecular complexity index is 313. The molecule has 1 aromatic rings. The summed E-state index contributed by atoms with van der Waals surface area (Å²) in [6, 6.07) is 9.28. The van der Waals surface area contributed by atoms with Crippen molar-refractivity contribution in [1.29, 1.82) is 0 Å². The molecule has 1 N–H and O–H groups in total. The summed E-state index contributed by atoms with van der Waals surface area (Å²) < 4.78 is 6.83. The third kappa shape index (κ3) is 5.09. The second-order valence-electron chi connectivity index (χ2n) is 4.94. The van der Waals surface area contributed by atoms with E-state index >= 15 is 0 Å². The quantitative estimate of drug-likeness (QED) is 0.852. The maximum absolute atomic E-state index is 5.75. The number of nitrogens with one attached hydrogen (secondary N) is 1. The van der Waals surface area contributed by atoms with E-state index in [1.54, 1.807) is 4.90 Å². The Labute approximate surface area is 113 Å². The number of quaternary nitrogens is 1. The first kappa shape index (κ1) is 14.5. The van der Waals surface area contributed by atoms with Gasteiger partial charge in [-0.05, 0) is 52.0 Å². The van der Waals surface area contributed by atoms with Crippen LogP contribution >= 0.6 is 15.9 Å². The fourth-order valence-corrected chi connectivity index (χ4v) is 2.33. The van der Waals surface area contributed by atoms with E-state index in [0.29, 0.717) is 12.1 Å². The van der Waals surface area contributed by atoms with E-state index in [2.05, 4.69) is 43.6 Å². The number of ether oxygens (including phenoxy) is 1. The van der Waals surface area contributed by atoms with Gasteiger partial charge in [0.25, 0.3) is 0 Å². The van der Waals surface area contributed by atoms with E-state index in [-0.39, 0.29) is 0 Å². The maximum atomic E-state index is 5.75. The molecule has 2 nitrogen and oxygen atoms in total. The Morgan fingerprint density at radius 1 is 1.06 bits per heavy atom. The van der Waals surface area contributed by atoms with E-state index in [9.17, 15) is 0 Å². The highest BCUT2D eigenvalue weighted by atomic mass is 79.9. The predicted octanol–water partition coefficient (Wildman–Crippen LogP) is 2.53. The summed E-state index contributed by atoms with van der Waals surface area (Å²) in [6.45, 7) is 10.9. The van der Waals surface area contributed by atoms with Crippen LogP contribution in [0.2, 0.25) is 0 Å². The van der Waals surface area contributed by atoms with Crippen LogP contribution in [0.4, 0.5) is 0 Å². The molecule has 1 rings (SSSR count). The molecule has 1 aromatic carbocycles. The van der Waals surface area contributed by atoms with Crippen molar-refractivity contribution in [2.45, 2.75) is 39.8 Å². The van der Waals surface area contributed by atoms with Gasteiger partial charge in [-0.2, -0.15) is 0 Å². The normalized spacial score (nSPS) is 11.5. The highest BCUT2D eigenvalue weighted by Crippen LogP contribution is 2.15. The smallest absolute Gasteiger partial charge is 0.137 e. The molecule has 0 fully saturated rings. The molecule has 96 valence electrons. The fraction of sp³-hybridized carbons (Fsp3) is 0.571. The molecule has 0 aliphatic rings. The van der Waals surface area contributed by atoms with Gasteiger partial charge < -0.3 is 9.64 Å². The number of hydrogen-bond acceptors (Lipinski definition) is 1. The van der Waals surface area contributed by atoms with Crippen LogP contribution in [0.1, 0.15) is 27.7 Å². The van der Waals surface area contributed by atoms with Crippen LogP contribution in [0.25, 0.3) is 0 Å². The Morgan fingerprint density at radius 2 is 1.59 bits per heavy atom. The number of hydrogen-bond donors (Lipinski definition) is 1. The molecule has 0 unspecified atom stereocenters. The van der Waals surface area contributed by atoms with E-state index in [0.717, 1.165) is 23.4 Å². The molecular weight excluding hydrogens is 278 g/mol. The molecule has 3 heteroatoms. The van der Waals surface area contributed by atoms with Gasteiger partial charge >= 0.3 is 0 Å². The molecule has 0 aromatic heterocycles. The molecule has 0 aliphatic carbocycles. The van der Waals surface area contributed by atoms with Crippen molar-refractivity contribution in [3.8, 4) is 5.75 Å². The number of benzene rings is 1. The predicted molar refractivity (Wildman–Crippen MR) is 75.7 cm³/mol. The number of halogens is 1. The number of rotatable bonds is 6. The van der Waals surface area contributed by atoms with Crippen molar-refractivity contribution in [2.24, 2.45) is 0 Å². The first-order valence-electron chi connectivity index (χ1n) is 6.24.